The molecule has 3 N–H and O–H groups in total. The van der Waals surface area contributed by atoms with E-state index in [-0.39, 0.29) is 12.5 Å². The molecule has 0 saturated heterocycles. The normalized spacial score (nSPS) is 11.4. The number of hydrogen-bond donors (Lipinski definition) is 3. The summed E-state index contributed by atoms with van der Waals surface area (Å²) in [5.74, 6) is -0.142. The van der Waals surface area contributed by atoms with Gasteiger partial charge in [-0.05, 0) is 37.1 Å². The van der Waals surface area contributed by atoms with Crippen molar-refractivity contribution < 1.29 is 9.90 Å². The predicted molar refractivity (Wildman–Crippen MR) is 78.5 cm³/mol. The Balaban J connectivity index is 2.34. The molecule has 1 rings (SSSR count). The second-order valence-electron chi connectivity index (χ2n) is 4.59. The summed E-state index contributed by atoms with van der Waals surface area (Å²) in [6.07, 6.45) is 1.32. The van der Waals surface area contributed by atoms with Gasteiger partial charge < -0.3 is 15.7 Å². The zero-order valence-electron chi connectivity index (χ0n) is 11.4. The first-order valence-electron chi connectivity index (χ1n) is 6.47. The smallest absolute Gasteiger partial charge is 0.238 e. The number of aliphatic hydroxyl groups is 1. The summed E-state index contributed by atoms with van der Waals surface area (Å²) in [6.45, 7) is 4.44. The first-order valence-corrected chi connectivity index (χ1v) is 6.85. The van der Waals surface area contributed by atoms with Crippen molar-refractivity contribution in [2.75, 3.05) is 18.4 Å². The van der Waals surface area contributed by atoms with Crippen LogP contribution in [0.3, 0.4) is 0 Å². The van der Waals surface area contributed by atoms with Crippen LogP contribution in [-0.2, 0) is 4.79 Å². The molecule has 0 spiro atoms. The third-order valence-corrected chi connectivity index (χ3v) is 3.44. The highest BCUT2D eigenvalue weighted by atomic mass is 35.5. The number of benzene rings is 1. The average molecular weight is 285 g/mol. The van der Waals surface area contributed by atoms with Crippen LogP contribution in [-0.4, -0.2) is 29.7 Å². The zero-order chi connectivity index (χ0) is 14.3. The lowest BCUT2D eigenvalue weighted by Gasteiger charge is -2.25. The maximum absolute atomic E-state index is 11.7. The molecule has 0 aliphatic rings. The average Bonchev–Trinajstić information content (AvgIpc) is 2.41. The van der Waals surface area contributed by atoms with E-state index in [0.29, 0.717) is 30.1 Å². The van der Waals surface area contributed by atoms with Crippen molar-refractivity contribution in [3.05, 3.63) is 29.3 Å². The fourth-order valence-corrected chi connectivity index (χ4v) is 1.77. The lowest BCUT2D eigenvalue weighted by atomic mass is 9.98. The highest BCUT2D eigenvalue weighted by Gasteiger charge is 2.21. The van der Waals surface area contributed by atoms with Crippen molar-refractivity contribution in [2.24, 2.45) is 0 Å². The minimum absolute atomic E-state index is 0.142. The van der Waals surface area contributed by atoms with Crippen LogP contribution in [0.4, 0.5) is 5.69 Å². The molecular formula is C14H21ClN2O2. The summed E-state index contributed by atoms with van der Waals surface area (Å²) >= 11 is 5.76. The van der Waals surface area contributed by atoms with Crippen LogP contribution < -0.4 is 10.6 Å². The number of rotatable bonds is 7. The van der Waals surface area contributed by atoms with Crippen molar-refractivity contribution in [1.29, 1.82) is 0 Å². The van der Waals surface area contributed by atoms with Crippen molar-refractivity contribution in [2.45, 2.75) is 32.3 Å². The second kappa shape index (κ2) is 7.48. The van der Waals surface area contributed by atoms with Crippen LogP contribution in [0.1, 0.15) is 26.7 Å². The summed E-state index contributed by atoms with van der Waals surface area (Å²) in [6, 6.07) is 6.93. The Bertz CT molecular complexity index is 402. The Morgan fingerprint density at radius 1 is 1.26 bits per heavy atom. The molecule has 106 valence electrons. The fourth-order valence-electron chi connectivity index (χ4n) is 1.65. The first kappa shape index (κ1) is 16.0. The molecule has 0 saturated carbocycles. The summed E-state index contributed by atoms with van der Waals surface area (Å²) < 4.78 is 0. The Labute approximate surface area is 119 Å². The summed E-state index contributed by atoms with van der Waals surface area (Å²) in [4.78, 5) is 11.7. The Morgan fingerprint density at radius 3 is 2.37 bits per heavy atom. The molecule has 0 atom stereocenters. The topological polar surface area (TPSA) is 61.4 Å². The number of halogens is 1. The molecule has 1 aromatic carbocycles. The number of anilines is 1. The number of nitrogens with one attached hydrogen (secondary N) is 2. The van der Waals surface area contributed by atoms with Gasteiger partial charge in [-0.2, -0.15) is 0 Å². The van der Waals surface area contributed by atoms with Gasteiger partial charge in [0.1, 0.15) is 0 Å². The van der Waals surface area contributed by atoms with E-state index in [0.717, 1.165) is 0 Å². The molecule has 0 fully saturated rings. The van der Waals surface area contributed by atoms with E-state index >= 15 is 0 Å². The maximum Gasteiger partial charge on any atom is 0.238 e. The standard InChI is InChI=1S/C14H21ClN2O2/c1-3-14(19,4-2)10-16-9-13(18)17-12-7-5-11(15)6-8-12/h5-8,16,19H,3-4,9-10H2,1-2H3,(H,17,18). The molecule has 0 radical (unpaired) electrons. The van der Waals surface area contributed by atoms with E-state index in [1.165, 1.54) is 0 Å². The molecule has 19 heavy (non-hydrogen) atoms. The van der Waals surface area contributed by atoms with Gasteiger partial charge in [0.15, 0.2) is 0 Å². The third-order valence-electron chi connectivity index (χ3n) is 3.18. The van der Waals surface area contributed by atoms with Crippen LogP contribution >= 0.6 is 11.6 Å². The Morgan fingerprint density at radius 2 is 1.84 bits per heavy atom. The lowest BCUT2D eigenvalue weighted by molar-refractivity contribution is -0.115. The van der Waals surface area contributed by atoms with Crippen LogP contribution in [0.2, 0.25) is 5.02 Å². The van der Waals surface area contributed by atoms with E-state index in [4.69, 9.17) is 11.6 Å². The number of amides is 1. The van der Waals surface area contributed by atoms with Crippen LogP contribution in [0, 0.1) is 0 Å². The van der Waals surface area contributed by atoms with Gasteiger partial charge in [-0.1, -0.05) is 25.4 Å². The summed E-state index contributed by atoms with van der Waals surface area (Å²) in [5, 5.41) is 16.4. The summed E-state index contributed by atoms with van der Waals surface area (Å²) in [5.41, 5.74) is -0.0296. The summed E-state index contributed by atoms with van der Waals surface area (Å²) in [7, 11) is 0. The molecule has 0 unspecified atom stereocenters. The lowest BCUT2D eigenvalue weighted by Crippen LogP contribution is -2.42. The SMILES string of the molecule is CCC(O)(CC)CNCC(=O)Nc1ccc(Cl)cc1. The van der Waals surface area contributed by atoms with Gasteiger partial charge in [-0.25, -0.2) is 0 Å². The molecule has 0 aliphatic heterocycles. The van der Waals surface area contributed by atoms with E-state index in [1.54, 1.807) is 24.3 Å². The van der Waals surface area contributed by atoms with Gasteiger partial charge in [0.2, 0.25) is 5.91 Å². The molecule has 0 bridgehead atoms. The van der Waals surface area contributed by atoms with Gasteiger partial charge in [0.25, 0.3) is 0 Å². The minimum atomic E-state index is -0.736. The molecule has 4 nitrogen and oxygen atoms in total. The van der Waals surface area contributed by atoms with Gasteiger partial charge in [0.05, 0.1) is 12.1 Å². The quantitative estimate of drug-likeness (QED) is 0.721. The van der Waals surface area contributed by atoms with Crippen molar-refractivity contribution in [3.8, 4) is 0 Å². The molecule has 5 heteroatoms. The number of hydrogen-bond acceptors (Lipinski definition) is 3. The molecule has 0 aromatic heterocycles. The van der Waals surface area contributed by atoms with Crippen molar-refractivity contribution in [3.63, 3.8) is 0 Å². The van der Waals surface area contributed by atoms with Crippen molar-refractivity contribution in [1.82, 2.24) is 5.32 Å². The van der Waals surface area contributed by atoms with E-state index in [2.05, 4.69) is 10.6 Å². The van der Waals surface area contributed by atoms with E-state index in [9.17, 15) is 9.90 Å². The number of carbonyl (C=O) groups is 1. The van der Waals surface area contributed by atoms with Crippen LogP contribution in [0.5, 0.6) is 0 Å². The second-order valence-corrected chi connectivity index (χ2v) is 5.03. The fraction of sp³-hybridized carbons (Fsp3) is 0.500. The molecule has 1 aromatic rings. The Hall–Kier alpha value is -1.10. The largest absolute Gasteiger partial charge is 0.389 e. The molecule has 0 aliphatic carbocycles. The van der Waals surface area contributed by atoms with Gasteiger partial charge in [0, 0.05) is 17.3 Å². The highest BCUT2D eigenvalue weighted by Crippen LogP contribution is 2.14. The number of carbonyl (C=O) groups excluding carboxylic acids is 1. The van der Waals surface area contributed by atoms with Gasteiger partial charge in [-0.15, -0.1) is 0 Å². The van der Waals surface area contributed by atoms with Crippen LogP contribution in [0.15, 0.2) is 24.3 Å². The van der Waals surface area contributed by atoms with Gasteiger partial charge >= 0.3 is 0 Å². The highest BCUT2D eigenvalue weighted by molar-refractivity contribution is 6.30. The zero-order valence-corrected chi connectivity index (χ0v) is 12.1. The monoisotopic (exact) mass is 284 g/mol. The van der Waals surface area contributed by atoms with E-state index < -0.39 is 5.60 Å². The molecular weight excluding hydrogens is 264 g/mol. The van der Waals surface area contributed by atoms with E-state index in [1.807, 2.05) is 13.8 Å². The molecule has 0 heterocycles. The van der Waals surface area contributed by atoms with Gasteiger partial charge in [-0.3, -0.25) is 4.79 Å². The maximum atomic E-state index is 11.7. The molecule has 1 amide bonds. The Kier molecular flexibility index (Phi) is 6.28. The minimum Gasteiger partial charge on any atom is -0.389 e. The predicted octanol–water partition coefficient (Wildman–Crippen LogP) is 2.42. The van der Waals surface area contributed by atoms with Crippen molar-refractivity contribution >= 4 is 23.2 Å². The first-order chi connectivity index (χ1) is 8.99. The third kappa shape index (κ3) is 5.59. The van der Waals surface area contributed by atoms with Crippen LogP contribution in [0.25, 0.3) is 0 Å².